The second-order valence-corrected chi connectivity index (χ2v) is 10.0. The molecular formula is C31H19F5N6O2. The van der Waals surface area contributed by atoms with E-state index in [0.29, 0.717) is 40.9 Å². The minimum absolute atomic E-state index is 0.0161. The van der Waals surface area contributed by atoms with Gasteiger partial charge in [0, 0.05) is 27.9 Å². The molecule has 0 unspecified atom stereocenters. The maximum Gasteiger partial charge on any atom is 0.416 e. The van der Waals surface area contributed by atoms with Gasteiger partial charge in [0.1, 0.15) is 24.0 Å². The third-order valence-corrected chi connectivity index (χ3v) is 7.38. The molecule has 220 valence electrons. The molecule has 0 saturated carbocycles. The number of benzene rings is 3. The first-order valence-electron chi connectivity index (χ1n) is 13.2. The van der Waals surface area contributed by atoms with Crippen molar-refractivity contribution in [2.45, 2.75) is 25.6 Å². The molecule has 0 fully saturated rings. The monoisotopic (exact) mass is 602 g/mol. The molecule has 0 saturated heterocycles. The lowest BCUT2D eigenvalue weighted by Crippen LogP contribution is -2.22. The first-order chi connectivity index (χ1) is 21.0. The average molecular weight is 603 g/mol. The first kappa shape index (κ1) is 28.5. The third kappa shape index (κ3) is 4.90. The largest absolute Gasteiger partial charge is 0.416 e. The van der Waals surface area contributed by atoms with E-state index < -0.39 is 46.8 Å². The lowest BCUT2D eigenvalue weighted by Gasteiger charge is -2.20. The van der Waals surface area contributed by atoms with Crippen molar-refractivity contribution in [2.24, 2.45) is 0 Å². The molecule has 0 bridgehead atoms. The van der Waals surface area contributed by atoms with E-state index in [9.17, 15) is 36.8 Å². The Labute approximate surface area is 245 Å². The number of rotatable bonds is 5. The van der Waals surface area contributed by atoms with Crippen LogP contribution in [0.5, 0.6) is 0 Å². The Morgan fingerprint density at radius 1 is 1.05 bits per heavy atom. The summed E-state index contributed by atoms with van der Waals surface area (Å²) >= 11 is 0. The summed E-state index contributed by atoms with van der Waals surface area (Å²) in [5.41, 5.74) is 0.455. The van der Waals surface area contributed by atoms with Gasteiger partial charge in [0.15, 0.2) is 11.3 Å². The zero-order valence-electron chi connectivity index (χ0n) is 22.6. The van der Waals surface area contributed by atoms with Gasteiger partial charge in [-0.15, -0.1) is 0 Å². The van der Waals surface area contributed by atoms with Crippen LogP contribution in [-0.4, -0.2) is 26.4 Å². The van der Waals surface area contributed by atoms with E-state index in [4.69, 9.17) is 0 Å². The minimum Gasteiger partial charge on any atom is -0.341 e. The molecule has 0 radical (unpaired) electrons. The molecule has 8 nitrogen and oxygen atoms in total. The number of pyridine rings is 1. The van der Waals surface area contributed by atoms with Crippen molar-refractivity contribution in [3.63, 3.8) is 0 Å². The summed E-state index contributed by atoms with van der Waals surface area (Å²) in [4.78, 5) is 30.8. The van der Waals surface area contributed by atoms with Gasteiger partial charge in [0.25, 0.3) is 11.8 Å². The first-order valence-corrected chi connectivity index (χ1v) is 13.2. The molecule has 0 aliphatic carbocycles. The van der Waals surface area contributed by atoms with Crippen LogP contribution in [0.25, 0.3) is 16.8 Å². The Bertz CT molecular complexity index is 2050. The van der Waals surface area contributed by atoms with Crippen LogP contribution in [-0.2, 0) is 12.6 Å². The van der Waals surface area contributed by atoms with Crippen LogP contribution in [0.4, 0.5) is 27.6 Å². The van der Waals surface area contributed by atoms with Gasteiger partial charge in [0.05, 0.1) is 11.6 Å². The van der Waals surface area contributed by atoms with Crippen molar-refractivity contribution in [1.29, 1.82) is 5.26 Å². The van der Waals surface area contributed by atoms with Gasteiger partial charge < -0.3 is 10.6 Å². The van der Waals surface area contributed by atoms with Gasteiger partial charge in [0.2, 0.25) is 0 Å². The molecule has 44 heavy (non-hydrogen) atoms. The third-order valence-electron chi connectivity index (χ3n) is 7.38. The van der Waals surface area contributed by atoms with Crippen LogP contribution < -0.4 is 10.6 Å². The number of hydrogen-bond donors (Lipinski definition) is 2. The SMILES string of the molecule is CCc1ccc(F)cc1[C@@H]1NC(=O)c2cc(-c3ccc4ncnn4c3C#N)cc(NC(=O)c3cc(F)cc(C(F)(F)F)c3)c21. The van der Waals surface area contributed by atoms with Gasteiger partial charge in [-0.25, -0.2) is 18.3 Å². The average Bonchev–Trinajstić information content (AvgIpc) is 3.60. The van der Waals surface area contributed by atoms with Gasteiger partial charge in [-0.3, -0.25) is 9.59 Å². The molecular weight excluding hydrogens is 583 g/mol. The van der Waals surface area contributed by atoms with Gasteiger partial charge in [-0.05, 0) is 77.7 Å². The Hall–Kier alpha value is -5.64. The summed E-state index contributed by atoms with van der Waals surface area (Å²) in [6.07, 6.45) is -3.18. The smallest absolute Gasteiger partial charge is 0.341 e. The molecule has 3 heterocycles. The number of halogens is 5. The highest BCUT2D eigenvalue weighted by Gasteiger charge is 2.36. The second-order valence-electron chi connectivity index (χ2n) is 10.0. The molecule has 0 spiro atoms. The predicted octanol–water partition coefficient (Wildman–Crippen LogP) is 6.21. The number of aromatic nitrogens is 3. The fourth-order valence-corrected chi connectivity index (χ4v) is 5.39. The normalized spacial score (nSPS) is 14.3. The molecule has 1 aliphatic heterocycles. The summed E-state index contributed by atoms with van der Waals surface area (Å²) in [5, 5.41) is 19.4. The zero-order valence-corrected chi connectivity index (χ0v) is 22.6. The fourth-order valence-electron chi connectivity index (χ4n) is 5.39. The maximum absolute atomic E-state index is 14.4. The highest BCUT2D eigenvalue weighted by atomic mass is 19.4. The number of alkyl halides is 3. The summed E-state index contributed by atoms with van der Waals surface area (Å²) in [6, 6.07) is 12.7. The minimum atomic E-state index is -4.92. The van der Waals surface area contributed by atoms with E-state index in [0.717, 1.165) is 0 Å². The standard InChI is InChI=1S/C31H19F5N6O2/c1-2-15-3-4-19(32)12-22(15)28-27-23(30(44)41-28)9-16(21-5-6-26-38-14-39-42(26)25(21)13-37)10-24(27)40-29(43)17-7-18(31(34,35)36)11-20(33)8-17/h3-12,14,28H,2H2,1H3,(H,40,43)(H,41,44)/t28-/m0/s1. The molecule has 2 N–H and O–H groups in total. The number of carbonyl (C=O) groups is 2. The molecule has 1 atom stereocenters. The Morgan fingerprint density at radius 3 is 2.57 bits per heavy atom. The van der Waals surface area contributed by atoms with Crippen LogP contribution in [0.3, 0.4) is 0 Å². The Kier molecular flexibility index (Phi) is 6.84. The van der Waals surface area contributed by atoms with Crippen molar-refractivity contribution in [1.82, 2.24) is 19.9 Å². The Morgan fingerprint density at radius 2 is 1.84 bits per heavy atom. The van der Waals surface area contributed by atoms with Crippen molar-refractivity contribution in [3.05, 3.63) is 118 Å². The summed E-state index contributed by atoms with van der Waals surface area (Å²) in [6.45, 7) is 1.84. The van der Waals surface area contributed by atoms with Crippen LogP contribution in [0, 0.1) is 23.0 Å². The van der Waals surface area contributed by atoms with Gasteiger partial charge in [-0.1, -0.05) is 13.0 Å². The number of nitrogens with one attached hydrogen (secondary N) is 2. The highest BCUT2D eigenvalue weighted by molar-refractivity contribution is 6.09. The van der Waals surface area contributed by atoms with Crippen molar-refractivity contribution >= 4 is 23.1 Å². The van der Waals surface area contributed by atoms with E-state index in [1.165, 1.54) is 35.1 Å². The number of hydrogen-bond acceptors (Lipinski definition) is 5. The zero-order chi connectivity index (χ0) is 31.3. The number of anilines is 1. The Balaban J connectivity index is 1.56. The number of nitriles is 1. The van der Waals surface area contributed by atoms with Crippen LogP contribution in [0.15, 0.2) is 67.0 Å². The molecule has 1 aliphatic rings. The maximum atomic E-state index is 14.4. The number of amides is 2. The lowest BCUT2D eigenvalue weighted by molar-refractivity contribution is -0.137. The van der Waals surface area contributed by atoms with E-state index in [-0.39, 0.29) is 34.1 Å². The van der Waals surface area contributed by atoms with Crippen molar-refractivity contribution in [2.75, 3.05) is 5.32 Å². The summed E-state index contributed by atoms with van der Waals surface area (Å²) in [5.74, 6) is -3.50. The van der Waals surface area contributed by atoms with E-state index in [1.807, 2.05) is 6.92 Å². The molecule has 3 aromatic carbocycles. The number of aryl methyl sites for hydroxylation is 1. The van der Waals surface area contributed by atoms with Crippen LogP contribution >= 0.6 is 0 Å². The number of nitrogens with zero attached hydrogens (tertiary/aromatic N) is 4. The highest BCUT2D eigenvalue weighted by Crippen LogP contribution is 2.42. The van der Waals surface area contributed by atoms with Gasteiger partial charge >= 0.3 is 6.18 Å². The van der Waals surface area contributed by atoms with Crippen molar-refractivity contribution in [3.8, 4) is 17.2 Å². The second kappa shape index (κ2) is 10.6. The number of carbonyl (C=O) groups excluding carboxylic acids is 2. The van der Waals surface area contributed by atoms with Crippen molar-refractivity contribution < 1.29 is 31.5 Å². The lowest BCUT2D eigenvalue weighted by atomic mass is 9.90. The molecule has 5 aromatic rings. The van der Waals surface area contributed by atoms with E-state index >= 15 is 0 Å². The van der Waals surface area contributed by atoms with E-state index in [2.05, 4.69) is 26.8 Å². The summed E-state index contributed by atoms with van der Waals surface area (Å²) in [7, 11) is 0. The molecule has 2 amide bonds. The predicted molar refractivity (Wildman–Crippen MR) is 148 cm³/mol. The molecule has 2 aromatic heterocycles. The number of fused-ring (bicyclic) bond motifs is 2. The van der Waals surface area contributed by atoms with Crippen LogP contribution in [0.1, 0.15) is 61.6 Å². The molecule has 6 rings (SSSR count). The summed E-state index contributed by atoms with van der Waals surface area (Å²) < 4.78 is 70.1. The van der Waals surface area contributed by atoms with Gasteiger partial charge in [-0.2, -0.15) is 23.5 Å². The quantitative estimate of drug-likeness (QED) is 0.232. The topological polar surface area (TPSA) is 112 Å². The molecule has 13 heteroatoms. The van der Waals surface area contributed by atoms with E-state index in [1.54, 1.807) is 18.2 Å². The van der Waals surface area contributed by atoms with Crippen LogP contribution in [0.2, 0.25) is 0 Å². The fraction of sp³-hybridized carbons (Fsp3) is 0.129.